The normalized spacial score (nSPS) is 11.2. The molecule has 140 valence electrons. The van der Waals surface area contributed by atoms with Crippen LogP contribution in [0.15, 0.2) is 34.9 Å². The molecule has 0 aliphatic heterocycles. The van der Waals surface area contributed by atoms with Crippen molar-refractivity contribution in [2.45, 2.75) is 20.3 Å². The third-order valence-electron chi connectivity index (χ3n) is 4.77. The van der Waals surface area contributed by atoms with Crippen LogP contribution in [0.4, 0.5) is 0 Å². The van der Waals surface area contributed by atoms with E-state index in [-0.39, 0.29) is 11.6 Å². The van der Waals surface area contributed by atoms with Crippen LogP contribution in [0.5, 0.6) is 0 Å². The van der Waals surface area contributed by atoms with Gasteiger partial charge in [0.25, 0.3) is 0 Å². The Hall–Kier alpha value is -1.83. The van der Waals surface area contributed by atoms with Gasteiger partial charge in [-0.25, -0.2) is 4.98 Å². The van der Waals surface area contributed by atoms with Crippen LogP contribution in [-0.4, -0.2) is 19.7 Å². The first-order valence-corrected chi connectivity index (χ1v) is 12.7. The van der Waals surface area contributed by atoms with E-state index in [4.69, 9.17) is 5.26 Å². The summed E-state index contributed by atoms with van der Waals surface area (Å²) in [6.07, 6.45) is 2.73. The summed E-state index contributed by atoms with van der Waals surface area (Å²) in [5, 5.41) is 10.0. The molecule has 0 unspecified atom stereocenters. The summed E-state index contributed by atoms with van der Waals surface area (Å²) in [5.41, 5.74) is 5.69. The maximum atomic E-state index is 13.5. The van der Waals surface area contributed by atoms with Crippen LogP contribution in [0.25, 0.3) is 21.9 Å². The van der Waals surface area contributed by atoms with Crippen LogP contribution >= 0.6 is 46.3 Å². The fourth-order valence-corrected chi connectivity index (χ4v) is 5.63. The summed E-state index contributed by atoms with van der Waals surface area (Å²) in [6.45, 7) is 4.11. The number of halogens is 2. The number of fused-ring (bicyclic) bond motifs is 2. The van der Waals surface area contributed by atoms with Gasteiger partial charge in [-0.3, -0.25) is 8.77 Å². The Morgan fingerprint density at radius 2 is 2.21 bits per heavy atom. The van der Waals surface area contributed by atoms with Gasteiger partial charge in [0.2, 0.25) is 5.78 Å². The molecule has 0 amide bonds. The van der Waals surface area contributed by atoms with Gasteiger partial charge in [0.15, 0.2) is 5.82 Å². The first-order chi connectivity index (χ1) is 13.5. The Morgan fingerprint density at radius 3 is 2.89 bits per heavy atom. The van der Waals surface area contributed by atoms with E-state index in [2.05, 4.69) is 70.1 Å². The maximum absolute atomic E-state index is 13.5. The molecule has 2 aromatic carbocycles. The summed E-state index contributed by atoms with van der Waals surface area (Å²) in [7, 11) is 1.56. The predicted octanol–water partition coefficient (Wildman–Crippen LogP) is 6.10. The molecule has 0 radical (unpaired) electrons. The number of imidazole rings is 1. The number of rotatable bonds is 4. The van der Waals surface area contributed by atoms with Gasteiger partial charge in [0.1, 0.15) is 0 Å². The number of nitriles is 1. The number of hydrogen-bond acceptors (Lipinski definition) is 4. The van der Waals surface area contributed by atoms with E-state index in [1.165, 1.54) is 0 Å². The molecule has 5 nitrogen and oxygen atoms in total. The van der Waals surface area contributed by atoms with Crippen LogP contribution in [-0.2, 0) is 6.42 Å². The minimum atomic E-state index is -0.145. The second-order valence-electron chi connectivity index (χ2n) is 6.43. The zero-order valence-corrected chi connectivity index (χ0v) is 19.6. The quantitative estimate of drug-likeness (QED) is 0.240. The van der Waals surface area contributed by atoms with Gasteiger partial charge in [0.05, 0.1) is 28.2 Å². The van der Waals surface area contributed by atoms with Gasteiger partial charge in [-0.05, 0) is 58.6 Å². The lowest BCUT2D eigenvalue weighted by molar-refractivity contribution is 0.103. The molecule has 8 heteroatoms. The number of aryl methyl sites for hydroxylation is 2. The van der Waals surface area contributed by atoms with Gasteiger partial charge < -0.3 is 4.98 Å². The fourth-order valence-electron chi connectivity index (χ4n) is 3.52. The molecule has 0 aliphatic carbocycles. The van der Waals surface area contributed by atoms with Crippen molar-refractivity contribution in [2.24, 2.45) is 0 Å². The molecule has 4 rings (SSSR count). The highest BCUT2D eigenvalue weighted by atomic mass is 127. The van der Waals surface area contributed by atoms with Gasteiger partial charge in [-0.1, -0.05) is 13.0 Å². The van der Waals surface area contributed by atoms with E-state index in [1.54, 1.807) is 27.3 Å². The second-order valence-corrected chi connectivity index (χ2v) is 9.00. The largest absolute Gasteiger partial charge is 0.335 e. The predicted molar refractivity (Wildman–Crippen MR) is 125 cm³/mol. The van der Waals surface area contributed by atoms with Crippen molar-refractivity contribution >= 4 is 74.0 Å². The summed E-state index contributed by atoms with van der Waals surface area (Å²) < 4.78 is 2.94. The lowest BCUT2D eigenvalue weighted by Gasteiger charge is -2.12. The number of carbonyl (C=O) groups is 1. The molecule has 0 fully saturated rings. The van der Waals surface area contributed by atoms with Crippen molar-refractivity contribution in [3.05, 3.63) is 63.0 Å². The summed E-state index contributed by atoms with van der Waals surface area (Å²) in [6, 6.07) is 9.36. The SMILES string of the molecule is CCc1cc(C)c2c(c(Br)cn2SI)c1C(=O)c1nc2ccc(C#N)cc2[nH]1. The average molecular weight is 565 g/mol. The Balaban J connectivity index is 1.98. The van der Waals surface area contributed by atoms with Crippen LogP contribution in [0, 0.1) is 18.3 Å². The zero-order valence-electron chi connectivity index (χ0n) is 15.0. The van der Waals surface area contributed by atoms with Crippen LogP contribution in [0.2, 0.25) is 0 Å². The van der Waals surface area contributed by atoms with Gasteiger partial charge in [0, 0.05) is 51.9 Å². The number of ketones is 1. The smallest absolute Gasteiger partial charge is 0.229 e. The third-order valence-corrected chi connectivity index (χ3v) is 7.08. The molecule has 2 heterocycles. The number of carbonyl (C=O) groups excluding carboxylic acids is 1. The zero-order chi connectivity index (χ0) is 20.0. The maximum Gasteiger partial charge on any atom is 0.229 e. The van der Waals surface area contributed by atoms with Crippen molar-refractivity contribution in [1.82, 2.24) is 13.9 Å². The first-order valence-electron chi connectivity index (χ1n) is 8.55. The van der Waals surface area contributed by atoms with Gasteiger partial charge >= 0.3 is 0 Å². The van der Waals surface area contributed by atoms with Crippen molar-refractivity contribution in [3.63, 3.8) is 0 Å². The average Bonchev–Trinajstić information content (AvgIpc) is 3.28. The van der Waals surface area contributed by atoms with E-state index in [1.807, 2.05) is 13.1 Å². The number of nitrogens with one attached hydrogen (secondary N) is 1. The minimum Gasteiger partial charge on any atom is -0.335 e. The topological polar surface area (TPSA) is 74.5 Å². The van der Waals surface area contributed by atoms with Gasteiger partial charge in [-0.2, -0.15) is 5.26 Å². The van der Waals surface area contributed by atoms with Crippen molar-refractivity contribution < 1.29 is 4.79 Å². The molecule has 0 aliphatic rings. The van der Waals surface area contributed by atoms with E-state index < -0.39 is 0 Å². The van der Waals surface area contributed by atoms with E-state index in [9.17, 15) is 4.79 Å². The Morgan fingerprint density at radius 1 is 1.43 bits per heavy atom. The fraction of sp³-hybridized carbons (Fsp3) is 0.150. The molecular formula is C20H14BrIN4OS. The van der Waals surface area contributed by atoms with Crippen molar-refractivity contribution in [1.29, 1.82) is 5.26 Å². The lowest BCUT2D eigenvalue weighted by Crippen LogP contribution is -2.09. The molecule has 28 heavy (non-hydrogen) atoms. The standard InChI is InChI=1S/C20H14BrIN4OS/c1-3-12-6-10(2)18-17(13(21)9-26(18)28-22)16(12)19(27)20-24-14-5-4-11(8-23)7-15(14)25-20/h4-7,9H,3H2,1-2H3,(H,24,25). The van der Waals surface area contributed by atoms with Crippen molar-refractivity contribution in [3.8, 4) is 6.07 Å². The molecule has 0 bridgehead atoms. The number of nitrogens with zero attached hydrogens (tertiary/aromatic N) is 3. The monoisotopic (exact) mass is 564 g/mol. The number of benzene rings is 2. The van der Waals surface area contributed by atoms with Crippen molar-refractivity contribution in [2.75, 3.05) is 0 Å². The van der Waals surface area contributed by atoms with Crippen LogP contribution in [0.3, 0.4) is 0 Å². The number of H-pyrrole nitrogens is 1. The highest BCUT2D eigenvalue weighted by Crippen LogP contribution is 2.38. The number of aromatic amines is 1. The van der Waals surface area contributed by atoms with E-state index in [0.29, 0.717) is 22.2 Å². The molecule has 2 aromatic heterocycles. The Labute approximate surface area is 186 Å². The highest BCUT2D eigenvalue weighted by Gasteiger charge is 2.24. The second kappa shape index (κ2) is 7.54. The van der Waals surface area contributed by atoms with Gasteiger partial charge in [-0.15, -0.1) is 0 Å². The van der Waals surface area contributed by atoms with Crippen LogP contribution < -0.4 is 0 Å². The summed E-state index contributed by atoms with van der Waals surface area (Å²) in [4.78, 5) is 21.1. The lowest BCUT2D eigenvalue weighted by atomic mass is 9.94. The van der Waals surface area contributed by atoms with E-state index in [0.717, 1.165) is 32.9 Å². The Bertz CT molecular complexity index is 1300. The first kappa shape index (κ1) is 19.5. The summed E-state index contributed by atoms with van der Waals surface area (Å²) >= 11 is 5.88. The Kier molecular flexibility index (Phi) is 5.24. The summed E-state index contributed by atoms with van der Waals surface area (Å²) in [5.74, 6) is 0.139. The molecule has 0 spiro atoms. The van der Waals surface area contributed by atoms with Crippen LogP contribution in [0.1, 0.15) is 39.8 Å². The molecular weight excluding hydrogens is 551 g/mol. The number of hydrogen-bond donors (Lipinski definition) is 1. The third kappa shape index (κ3) is 3.06. The van der Waals surface area contributed by atoms with E-state index >= 15 is 0 Å². The molecule has 0 atom stereocenters. The highest BCUT2D eigenvalue weighted by molar-refractivity contribution is 14.2. The minimum absolute atomic E-state index is 0.145. The number of aromatic nitrogens is 3. The molecule has 0 saturated heterocycles. The molecule has 1 N–H and O–H groups in total. The molecule has 0 saturated carbocycles. The molecule has 4 aromatic rings.